The number of thioether (sulfide) groups is 1. The minimum absolute atomic E-state index is 0.111. The van der Waals surface area contributed by atoms with Gasteiger partial charge in [0.15, 0.2) is 5.17 Å². The van der Waals surface area contributed by atoms with Gasteiger partial charge in [0.25, 0.3) is 0 Å². The SMILES string of the molecule is CCNC.CNC=S.OC1CCN2C(=NCc3ccccc3)SCC2C1. The Hall–Kier alpha value is -1.15. The van der Waals surface area contributed by atoms with E-state index in [1.54, 1.807) is 7.05 Å². The summed E-state index contributed by atoms with van der Waals surface area (Å²) < 4.78 is 0. The Labute approximate surface area is 167 Å². The molecule has 1 aromatic carbocycles. The first kappa shape index (κ1) is 22.9. The molecule has 3 rings (SSSR count). The molecule has 5 nitrogen and oxygen atoms in total. The molecule has 2 fully saturated rings. The molecular formula is C19H32N4OS2. The fourth-order valence-corrected chi connectivity index (χ4v) is 3.79. The van der Waals surface area contributed by atoms with Crippen LogP contribution in [0.5, 0.6) is 0 Å². The highest BCUT2D eigenvalue weighted by Crippen LogP contribution is 2.31. The second-order valence-corrected chi connectivity index (χ2v) is 7.26. The lowest BCUT2D eigenvalue weighted by molar-refractivity contribution is 0.0863. The maximum absolute atomic E-state index is 9.67. The average molecular weight is 397 g/mol. The number of nitrogens with zero attached hydrogens (tertiary/aromatic N) is 2. The largest absolute Gasteiger partial charge is 0.393 e. The van der Waals surface area contributed by atoms with Crippen LogP contribution in [0, 0.1) is 0 Å². The molecule has 1 aromatic rings. The number of piperidine rings is 1. The van der Waals surface area contributed by atoms with Gasteiger partial charge in [-0.25, -0.2) is 0 Å². The van der Waals surface area contributed by atoms with Gasteiger partial charge < -0.3 is 20.6 Å². The zero-order valence-corrected chi connectivity index (χ0v) is 17.7. The van der Waals surface area contributed by atoms with Crippen molar-refractivity contribution in [2.24, 2.45) is 4.99 Å². The number of aliphatic imine (C=N–C) groups is 1. The molecule has 0 spiro atoms. The summed E-state index contributed by atoms with van der Waals surface area (Å²) in [6.45, 7) is 4.85. The third kappa shape index (κ3) is 8.49. The topological polar surface area (TPSA) is 59.9 Å². The van der Waals surface area contributed by atoms with Crippen molar-refractivity contribution in [2.75, 3.05) is 32.9 Å². The number of aliphatic hydroxyl groups is 1. The van der Waals surface area contributed by atoms with Crippen molar-refractivity contribution in [3.63, 3.8) is 0 Å². The lowest BCUT2D eigenvalue weighted by Gasteiger charge is -2.33. The summed E-state index contributed by atoms with van der Waals surface area (Å²) in [5.41, 5.74) is 2.71. The maximum Gasteiger partial charge on any atom is 0.159 e. The molecular weight excluding hydrogens is 364 g/mol. The summed E-state index contributed by atoms with van der Waals surface area (Å²) in [6, 6.07) is 10.9. The molecule has 0 aromatic heterocycles. The molecule has 2 aliphatic rings. The quantitative estimate of drug-likeness (QED) is 0.680. The van der Waals surface area contributed by atoms with Gasteiger partial charge in [0.1, 0.15) is 0 Å². The van der Waals surface area contributed by atoms with Crippen LogP contribution >= 0.6 is 24.0 Å². The van der Waals surface area contributed by atoms with E-state index in [4.69, 9.17) is 4.99 Å². The third-order valence-corrected chi connectivity index (χ3v) is 5.46. The van der Waals surface area contributed by atoms with E-state index in [2.05, 4.69) is 58.9 Å². The van der Waals surface area contributed by atoms with Gasteiger partial charge in [-0.2, -0.15) is 0 Å². The van der Waals surface area contributed by atoms with Gasteiger partial charge in [0.05, 0.1) is 18.1 Å². The number of benzene rings is 1. The van der Waals surface area contributed by atoms with E-state index in [1.165, 1.54) is 11.1 Å². The molecule has 2 saturated heterocycles. The number of nitrogens with one attached hydrogen (secondary N) is 2. The number of hydrogen-bond acceptors (Lipinski definition) is 5. The van der Waals surface area contributed by atoms with E-state index in [-0.39, 0.29) is 6.10 Å². The van der Waals surface area contributed by atoms with Crippen LogP contribution in [0.3, 0.4) is 0 Å². The normalized spacial score (nSPS) is 22.5. The molecule has 26 heavy (non-hydrogen) atoms. The predicted molar refractivity (Wildman–Crippen MR) is 118 cm³/mol. The highest BCUT2D eigenvalue weighted by Gasteiger charge is 2.34. The van der Waals surface area contributed by atoms with Crippen LogP contribution in [0.2, 0.25) is 0 Å². The van der Waals surface area contributed by atoms with Crippen molar-refractivity contribution in [2.45, 2.75) is 38.5 Å². The van der Waals surface area contributed by atoms with E-state index in [0.29, 0.717) is 6.04 Å². The van der Waals surface area contributed by atoms with Gasteiger partial charge in [-0.3, -0.25) is 4.99 Å². The first-order valence-electron chi connectivity index (χ1n) is 9.07. The number of hydrogen-bond donors (Lipinski definition) is 3. The minimum Gasteiger partial charge on any atom is -0.393 e. The van der Waals surface area contributed by atoms with E-state index in [0.717, 1.165) is 43.4 Å². The van der Waals surface area contributed by atoms with Crippen molar-refractivity contribution in [1.82, 2.24) is 15.5 Å². The average Bonchev–Trinajstić information content (AvgIpc) is 3.09. The zero-order valence-electron chi connectivity index (χ0n) is 16.0. The molecule has 0 saturated carbocycles. The molecule has 146 valence electrons. The van der Waals surface area contributed by atoms with Gasteiger partial charge in [-0.05, 0) is 32.0 Å². The van der Waals surface area contributed by atoms with Gasteiger partial charge in [0.2, 0.25) is 0 Å². The van der Waals surface area contributed by atoms with Gasteiger partial charge in [-0.15, -0.1) is 0 Å². The van der Waals surface area contributed by atoms with Gasteiger partial charge >= 0.3 is 0 Å². The molecule has 0 aliphatic carbocycles. The van der Waals surface area contributed by atoms with Crippen LogP contribution in [0.1, 0.15) is 25.3 Å². The van der Waals surface area contributed by atoms with E-state index in [1.807, 2.05) is 24.9 Å². The second kappa shape index (κ2) is 14.0. The number of rotatable bonds is 4. The molecule has 0 radical (unpaired) electrons. The van der Waals surface area contributed by atoms with E-state index >= 15 is 0 Å². The summed E-state index contributed by atoms with van der Waals surface area (Å²) in [5.74, 6) is 1.07. The van der Waals surface area contributed by atoms with Crippen molar-refractivity contribution in [3.8, 4) is 0 Å². The molecule has 2 aliphatic heterocycles. The number of amidine groups is 1. The standard InChI is InChI=1S/C14H18N2OS.C3H9N.C2H5NS/c17-13-6-7-16-12(8-13)10-18-14(16)15-9-11-4-2-1-3-5-11;1-3-4-2;1-3-2-4/h1-5,12-13,17H,6-10H2;4H,3H2,1-2H3;2H,1H3,(H,3,4). The number of thiocarbonyl (C=S) groups is 1. The van der Waals surface area contributed by atoms with E-state index in [9.17, 15) is 5.11 Å². The summed E-state index contributed by atoms with van der Waals surface area (Å²) in [7, 11) is 3.70. The molecule has 2 unspecified atom stereocenters. The van der Waals surface area contributed by atoms with Crippen molar-refractivity contribution in [1.29, 1.82) is 0 Å². The Morgan fingerprint density at radius 2 is 2.00 bits per heavy atom. The Morgan fingerprint density at radius 1 is 1.35 bits per heavy atom. The van der Waals surface area contributed by atoms with Crippen molar-refractivity contribution in [3.05, 3.63) is 35.9 Å². The Bertz CT molecular complexity index is 526. The summed E-state index contributed by atoms with van der Waals surface area (Å²) in [4.78, 5) is 7.10. The molecule has 2 heterocycles. The van der Waals surface area contributed by atoms with Gasteiger partial charge in [-0.1, -0.05) is 61.2 Å². The smallest absolute Gasteiger partial charge is 0.159 e. The second-order valence-electron chi connectivity index (χ2n) is 6.03. The Morgan fingerprint density at radius 3 is 2.58 bits per heavy atom. The molecule has 2 atom stereocenters. The lowest BCUT2D eigenvalue weighted by atomic mass is 10.0. The zero-order chi connectivity index (χ0) is 19.2. The van der Waals surface area contributed by atoms with Crippen molar-refractivity contribution < 1.29 is 5.11 Å². The molecule has 0 amide bonds. The third-order valence-electron chi connectivity index (χ3n) is 4.05. The van der Waals surface area contributed by atoms with Crippen LogP contribution in [-0.4, -0.2) is 65.7 Å². The highest BCUT2D eigenvalue weighted by atomic mass is 32.2. The van der Waals surface area contributed by atoms with Crippen LogP contribution in [0.15, 0.2) is 35.3 Å². The Kier molecular flexibility index (Phi) is 12.3. The maximum atomic E-state index is 9.67. The van der Waals surface area contributed by atoms with Crippen LogP contribution in [-0.2, 0) is 6.54 Å². The fourth-order valence-electron chi connectivity index (χ4n) is 2.57. The van der Waals surface area contributed by atoms with E-state index < -0.39 is 0 Å². The van der Waals surface area contributed by atoms with Crippen molar-refractivity contribution >= 4 is 34.6 Å². The summed E-state index contributed by atoms with van der Waals surface area (Å²) in [6.07, 6.45) is 1.67. The summed E-state index contributed by atoms with van der Waals surface area (Å²) in [5, 5.41) is 16.4. The van der Waals surface area contributed by atoms with Crippen LogP contribution in [0.25, 0.3) is 0 Å². The highest BCUT2D eigenvalue weighted by molar-refractivity contribution is 8.14. The predicted octanol–water partition coefficient (Wildman–Crippen LogP) is 2.50. The molecule has 7 heteroatoms. The lowest BCUT2D eigenvalue weighted by Crippen LogP contribution is -2.43. The van der Waals surface area contributed by atoms with Crippen LogP contribution in [0.4, 0.5) is 0 Å². The molecule has 0 bridgehead atoms. The fraction of sp³-hybridized carbons (Fsp3) is 0.579. The molecule has 3 N–H and O–H groups in total. The number of aliphatic hydroxyl groups excluding tert-OH is 1. The first-order chi connectivity index (χ1) is 12.7. The van der Waals surface area contributed by atoms with Crippen LogP contribution < -0.4 is 10.6 Å². The monoisotopic (exact) mass is 396 g/mol. The van der Waals surface area contributed by atoms with Gasteiger partial charge in [0, 0.05) is 25.4 Å². The Balaban J connectivity index is 0.000000360. The number of fused-ring (bicyclic) bond motifs is 1. The first-order valence-corrected chi connectivity index (χ1v) is 10.5. The minimum atomic E-state index is -0.111. The summed E-state index contributed by atoms with van der Waals surface area (Å²) >= 11 is 6.15.